The maximum Gasteiger partial charge on any atom is 0.234 e. The fourth-order valence-corrected chi connectivity index (χ4v) is 6.65. The third-order valence-corrected chi connectivity index (χ3v) is 7.66. The Bertz CT molecular complexity index is 664. The monoisotopic (exact) mass is 329 g/mol. The summed E-state index contributed by atoms with van der Waals surface area (Å²) in [4.78, 5) is 10.7. The van der Waals surface area contributed by atoms with Gasteiger partial charge in [0.1, 0.15) is 0 Å². The van der Waals surface area contributed by atoms with Crippen LogP contribution in [0.15, 0.2) is 35.6 Å². The summed E-state index contributed by atoms with van der Waals surface area (Å²) in [5, 5.41) is 22.1. The van der Waals surface area contributed by atoms with Crippen LogP contribution in [0, 0.1) is 38.7 Å². The quantitative estimate of drug-likeness (QED) is 0.444. The second kappa shape index (κ2) is 5.29. The van der Waals surface area contributed by atoms with Gasteiger partial charge in [0.2, 0.25) is 6.20 Å². The zero-order valence-corrected chi connectivity index (χ0v) is 14.6. The molecule has 0 aromatic carbocycles. The first kappa shape index (κ1) is 16.1. The SMILES string of the molecule is C[C@]12C=CCC=C1CC[C@@H]1[C@@H]2[C@H](O)C[C@]2(C)C(=C[N+](=O)[O-])CC[C@@H]12. The smallest absolute Gasteiger partial charge is 0.234 e. The molecular formula is C20H27NO3. The summed E-state index contributed by atoms with van der Waals surface area (Å²) in [6.45, 7) is 4.45. The molecule has 130 valence electrons. The van der Waals surface area contributed by atoms with Crippen molar-refractivity contribution in [2.24, 2.45) is 28.6 Å². The number of nitrogens with zero attached hydrogens (tertiary/aromatic N) is 1. The molecular weight excluding hydrogens is 302 g/mol. The van der Waals surface area contributed by atoms with Gasteiger partial charge in [0.05, 0.1) is 11.0 Å². The standard InChI is InChI=1S/C20H27NO3/c1-19-10-4-3-5-13(19)6-8-15-16-9-7-14(12-21(23)24)20(16,2)11-17(22)18(15)19/h4-5,10,12,15-18,22H,3,6-9,11H2,1-2H3/t15-,16-,17+,18+,19-,20+/m0/s1. The van der Waals surface area contributed by atoms with Gasteiger partial charge in [-0.1, -0.05) is 37.6 Å². The fraction of sp³-hybridized carbons (Fsp3) is 0.700. The molecule has 0 saturated heterocycles. The van der Waals surface area contributed by atoms with Gasteiger partial charge >= 0.3 is 0 Å². The highest BCUT2D eigenvalue weighted by Crippen LogP contribution is 2.65. The van der Waals surface area contributed by atoms with Crippen molar-refractivity contribution in [2.75, 3.05) is 0 Å². The van der Waals surface area contributed by atoms with Crippen LogP contribution in [0.5, 0.6) is 0 Å². The molecule has 24 heavy (non-hydrogen) atoms. The number of fused-ring (bicyclic) bond motifs is 5. The first-order valence-electron chi connectivity index (χ1n) is 9.26. The van der Waals surface area contributed by atoms with Gasteiger partial charge in [-0.05, 0) is 50.4 Å². The van der Waals surface area contributed by atoms with Crippen LogP contribution >= 0.6 is 0 Å². The average molecular weight is 329 g/mol. The molecule has 4 aliphatic carbocycles. The number of hydrogen-bond donors (Lipinski definition) is 1. The Morgan fingerprint density at radius 1 is 1.33 bits per heavy atom. The molecule has 4 nitrogen and oxygen atoms in total. The summed E-state index contributed by atoms with van der Waals surface area (Å²) in [5.41, 5.74) is 2.20. The second-order valence-corrected chi connectivity index (χ2v) is 8.65. The Balaban J connectivity index is 1.73. The zero-order valence-electron chi connectivity index (χ0n) is 14.6. The summed E-state index contributed by atoms with van der Waals surface area (Å²) in [7, 11) is 0. The summed E-state index contributed by atoms with van der Waals surface area (Å²) < 4.78 is 0. The van der Waals surface area contributed by atoms with Crippen molar-refractivity contribution in [3.63, 3.8) is 0 Å². The molecule has 4 rings (SSSR count). The van der Waals surface area contributed by atoms with Crippen molar-refractivity contribution in [1.29, 1.82) is 0 Å². The predicted molar refractivity (Wildman–Crippen MR) is 92.7 cm³/mol. The Labute approximate surface area is 143 Å². The van der Waals surface area contributed by atoms with Crippen molar-refractivity contribution in [1.82, 2.24) is 0 Å². The van der Waals surface area contributed by atoms with Gasteiger partial charge in [-0.25, -0.2) is 0 Å². The lowest BCUT2D eigenvalue weighted by Gasteiger charge is -2.58. The van der Waals surface area contributed by atoms with Crippen LogP contribution < -0.4 is 0 Å². The average Bonchev–Trinajstić information content (AvgIpc) is 2.82. The van der Waals surface area contributed by atoms with Crippen molar-refractivity contribution < 1.29 is 10.0 Å². The number of nitro groups is 1. The van der Waals surface area contributed by atoms with Gasteiger partial charge in [-0.15, -0.1) is 0 Å². The maximum absolute atomic E-state index is 11.1. The van der Waals surface area contributed by atoms with E-state index in [1.54, 1.807) is 0 Å². The fourth-order valence-electron chi connectivity index (χ4n) is 6.65. The Hall–Kier alpha value is -1.42. The molecule has 0 heterocycles. The van der Waals surface area contributed by atoms with E-state index in [-0.39, 0.29) is 27.8 Å². The van der Waals surface area contributed by atoms with Crippen LogP contribution in [0.3, 0.4) is 0 Å². The minimum absolute atomic E-state index is 0.0303. The van der Waals surface area contributed by atoms with Crippen molar-refractivity contribution >= 4 is 0 Å². The number of allylic oxidation sites excluding steroid dienone is 5. The van der Waals surface area contributed by atoms with E-state index in [4.69, 9.17) is 0 Å². The van der Waals surface area contributed by atoms with E-state index in [1.165, 1.54) is 11.8 Å². The van der Waals surface area contributed by atoms with Crippen LogP contribution in [0.25, 0.3) is 0 Å². The van der Waals surface area contributed by atoms with Gasteiger partial charge in [-0.2, -0.15) is 0 Å². The minimum Gasteiger partial charge on any atom is -0.393 e. The van der Waals surface area contributed by atoms with Crippen LogP contribution in [-0.2, 0) is 0 Å². The molecule has 4 heteroatoms. The maximum atomic E-state index is 11.1. The van der Waals surface area contributed by atoms with E-state index >= 15 is 0 Å². The lowest BCUT2D eigenvalue weighted by Crippen LogP contribution is -2.54. The van der Waals surface area contributed by atoms with Crippen molar-refractivity contribution in [3.05, 3.63) is 45.7 Å². The molecule has 0 unspecified atom stereocenters. The van der Waals surface area contributed by atoms with Gasteiger partial charge in [0.15, 0.2) is 0 Å². The molecule has 3 fully saturated rings. The summed E-state index contributed by atoms with van der Waals surface area (Å²) in [6.07, 6.45) is 13.5. The first-order chi connectivity index (χ1) is 11.4. The number of aliphatic hydroxyl groups is 1. The Kier molecular flexibility index (Phi) is 3.54. The normalized spacial score (nSPS) is 48.5. The van der Waals surface area contributed by atoms with Crippen LogP contribution in [0.2, 0.25) is 0 Å². The zero-order chi connectivity index (χ0) is 17.1. The van der Waals surface area contributed by atoms with E-state index in [9.17, 15) is 15.2 Å². The summed E-state index contributed by atoms with van der Waals surface area (Å²) in [5.74, 6) is 1.18. The first-order valence-corrected chi connectivity index (χ1v) is 9.26. The molecule has 4 aliphatic rings. The molecule has 0 aliphatic heterocycles. The van der Waals surface area contributed by atoms with Gasteiger partial charge < -0.3 is 5.11 Å². The van der Waals surface area contributed by atoms with E-state index in [1.807, 2.05) is 0 Å². The number of hydrogen-bond acceptors (Lipinski definition) is 3. The number of aliphatic hydroxyl groups excluding tert-OH is 1. The second-order valence-electron chi connectivity index (χ2n) is 8.65. The van der Waals surface area contributed by atoms with Gasteiger partial charge in [0, 0.05) is 22.3 Å². The highest BCUT2D eigenvalue weighted by atomic mass is 16.6. The van der Waals surface area contributed by atoms with E-state index in [0.29, 0.717) is 18.3 Å². The molecule has 0 bridgehead atoms. The van der Waals surface area contributed by atoms with E-state index in [2.05, 4.69) is 32.1 Å². The molecule has 3 saturated carbocycles. The molecule has 0 amide bonds. The lowest BCUT2D eigenvalue weighted by molar-refractivity contribution is -0.404. The Morgan fingerprint density at radius 2 is 2.12 bits per heavy atom. The van der Waals surface area contributed by atoms with E-state index < -0.39 is 0 Å². The van der Waals surface area contributed by atoms with Gasteiger partial charge in [0.25, 0.3) is 0 Å². The highest BCUT2D eigenvalue weighted by molar-refractivity contribution is 5.34. The summed E-state index contributed by atoms with van der Waals surface area (Å²) in [6, 6.07) is 0. The number of rotatable bonds is 1. The van der Waals surface area contributed by atoms with E-state index in [0.717, 1.165) is 37.7 Å². The molecule has 0 aromatic heterocycles. The third kappa shape index (κ3) is 2.08. The lowest BCUT2D eigenvalue weighted by atomic mass is 9.47. The topological polar surface area (TPSA) is 63.4 Å². The minimum atomic E-state index is -0.388. The molecule has 1 N–H and O–H groups in total. The Morgan fingerprint density at radius 3 is 2.88 bits per heavy atom. The van der Waals surface area contributed by atoms with Crippen LogP contribution in [-0.4, -0.2) is 16.1 Å². The van der Waals surface area contributed by atoms with Crippen LogP contribution in [0.1, 0.15) is 52.4 Å². The van der Waals surface area contributed by atoms with Crippen LogP contribution in [0.4, 0.5) is 0 Å². The highest BCUT2D eigenvalue weighted by Gasteiger charge is 2.60. The van der Waals surface area contributed by atoms with Gasteiger partial charge in [-0.3, -0.25) is 10.1 Å². The van der Waals surface area contributed by atoms with Crippen molar-refractivity contribution in [3.8, 4) is 0 Å². The molecule has 0 aromatic rings. The van der Waals surface area contributed by atoms with Crippen molar-refractivity contribution in [2.45, 2.75) is 58.5 Å². The molecule has 0 radical (unpaired) electrons. The predicted octanol–water partition coefficient (Wildman–Crippen LogP) is 4.25. The molecule has 6 atom stereocenters. The largest absolute Gasteiger partial charge is 0.393 e. The molecule has 0 spiro atoms. The third-order valence-electron chi connectivity index (χ3n) is 7.66. The summed E-state index contributed by atoms with van der Waals surface area (Å²) >= 11 is 0.